The van der Waals surface area contributed by atoms with Crippen molar-refractivity contribution in [3.05, 3.63) is 203 Å². The first-order valence-electron chi connectivity index (χ1n) is 26.3. The van der Waals surface area contributed by atoms with Gasteiger partial charge in [0.2, 0.25) is 0 Å². The molecule has 0 fully saturated rings. The topological polar surface area (TPSA) is 9.72 Å². The second-order valence-corrected chi connectivity index (χ2v) is 24.7. The lowest BCUT2D eigenvalue weighted by atomic mass is 9.33. The van der Waals surface area contributed by atoms with Crippen molar-refractivity contribution in [1.29, 1.82) is 0 Å². The van der Waals surface area contributed by atoms with Crippen LogP contribution in [-0.4, -0.2) is 6.71 Å². The van der Waals surface area contributed by atoms with Gasteiger partial charge in [-0.25, -0.2) is 0 Å². The molecule has 0 atom stereocenters. The van der Waals surface area contributed by atoms with E-state index in [2.05, 4.69) is 254 Å². The third-order valence-electron chi connectivity index (χ3n) is 18.1. The highest BCUT2D eigenvalue weighted by Crippen LogP contribution is 2.55. The van der Waals surface area contributed by atoms with Crippen LogP contribution < -0.4 is 31.1 Å². The zero-order chi connectivity index (χ0) is 49.0. The maximum atomic E-state index is 2.69. The van der Waals surface area contributed by atoms with E-state index >= 15 is 0 Å². The summed E-state index contributed by atoms with van der Waals surface area (Å²) in [5, 5.41) is 0. The first-order chi connectivity index (χ1) is 33.9. The van der Waals surface area contributed by atoms with Crippen LogP contribution in [0.25, 0.3) is 11.1 Å². The quantitative estimate of drug-likeness (QED) is 0.159. The predicted molar refractivity (Wildman–Crippen MR) is 303 cm³/mol. The summed E-state index contributed by atoms with van der Waals surface area (Å²) in [4.78, 5) is 7.66. The van der Waals surface area contributed by atoms with Crippen LogP contribution in [-0.2, 0) is 27.1 Å². The number of hydrogen-bond acceptors (Lipinski definition) is 3. The van der Waals surface area contributed by atoms with E-state index in [0.717, 1.165) is 11.4 Å². The molecular formula is C67H66BN3. The lowest BCUT2D eigenvalue weighted by Crippen LogP contribution is -2.62. The van der Waals surface area contributed by atoms with Gasteiger partial charge in [-0.2, -0.15) is 0 Å². The van der Waals surface area contributed by atoms with Crippen molar-refractivity contribution in [2.75, 3.05) is 14.7 Å². The van der Waals surface area contributed by atoms with Gasteiger partial charge in [0.05, 0.1) is 0 Å². The third kappa shape index (κ3) is 6.48. The van der Waals surface area contributed by atoms with Gasteiger partial charge < -0.3 is 14.7 Å². The largest absolute Gasteiger partial charge is 0.311 e. The molecule has 0 unspecified atom stereocenters. The van der Waals surface area contributed by atoms with E-state index in [-0.39, 0.29) is 33.8 Å². The number of benzene rings is 8. The molecule has 352 valence electrons. The average Bonchev–Trinajstić information content (AvgIpc) is 3.58. The number of rotatable bonds is 5. The molecule has 71 heavy (non-hydrogen) atoms. The summed E-state index contributed by atoms with van der Waals surface area (Å²) in [6.45, 7) is 24.7. The predicted octanol–water partition coefficient (Wildman–Crippen LogP) is 16.2. The Morgan fingerprint density at radius 1 is 0.352 bits per heavy atom. The molecule has 0 amide bonds. The molecular weight excluding hydrogens is 858 g/mol. The average molecular weight is 924 g/mol. The van der Waals surface area contributed by atoms with Crippen molar-refractivity contribution in [2.45, 2.75) is 122 Å². The van der Waals surface area contributed by atoms with Crippen LogP contribution in [0, 0.1) is 0 Å². The Labute approximate surface area is 423 Å². The highest BCUT2D eigenvalue weighted by molar-refractivity contribution is 7.00. The highest BCUT2D eigenvalue weighted by atomic mass is 15.2. The molecule has 4 heteroatoms. The summed E-state index contributed by atoms with van der Waals surface area (Å²) >= 11 is 0. The maximum absolute atomic E-state index is 2.69. The summed E-state index contributed by atoms with van der Waals surface area (Å²) in [6.07, 6.45) is 4.72. The molecule has 0 saturated carbocycles. The number of anilines is 9. The molecule has 2 aliphatic heterocycles. The molecule has 0 radical (unpaired) electrons. The Morgan fingerprint density at radius 2 is 0.831 bits per heavy atom. The summed E-state index contributed by atoms with van der Waals surface area (Å²) in [5.74, 6) is 0. The molecule has 5 aliphatic rings. The van der Waals surface area contributed by atoms with Crippen molar-refractivity contribution in [3.63, 3.8) is 0 Å². The van der Waals surface area contributed by atoms with Crippen molar-refractivity contribution in [2.24, 2.45) is 0 Å². The van der Waals surface area contributed by atoms with Gasteiger partial charge in [-0.1, -0.05) is 154 Å². The molecule has 0 bridgehead atoms. The molecule has 2 heterocycles. The molecule has 3 nitrogen and oxygen atoms in total. The normalized spacial score (nSPS) is 18.5. The fourth-order valence-electron chi connectivity index (χ4n) is 13.8. The zero-order valence-corrected chi connectivity index (χ0v) is 43.4. The second-order valence-electron chi connectivity index (χ2n) is 24.7. The lowest BCUT2D eigenvalue weighted by Gasteiger charge is -2.48. The van der Waals surface area contributed by atoms with Gasteiger partial charge in [-0.15, -0.1) is 0 Å². The molecule has 0 spiro atoms. The third-order valence-corrected chi connectivity index (χ3v) is 18.1. The summed E-state index contributed by atoms with van der Waals surface area (Å²) in [5.41, 5.74) is 26.7. The van der Waals surface area contributed by atoms with E-state index in [1.165, 1.54) is 126 Å². The van der Waals surface area contributed by atoms with Crippen molar-refractivity contribution in [1.82, 2.24) is 0 Å². The Balaban J connectivity index is 1.07. The Kier molecular flexibility index (Phi) is 9.41. The van der Waals surface area contributed by atoms with E-state index in [1.807, 2.05) is 0 Å². The van der Waals surface area contributed by atoms with E-state index < -0.39 is 0 Å². The number of nitrogens with zero attached hydrogens (tertiary/aromatic N) is 3. The van der Waals surface area contributed by atoms with E-state index in [1.54, 1.807) is 0 Å². The fourth-order valence-corrected chi connectivity index (χ4v) is 13.8. The van der Waals surface area contributed by atoms with E-state index in [9.17, 15) is 0 Å². The SMILES string of the molecule is CC1(C)CCC(C)(C)c2cc(N3c4cc5c(cc4B4c6cc7c(cc6N(c6ccccc6)c6cccc3c64)-c3ccc(N(c4ccccc4)c4ccccc4)cc3C7(C)C)C(C)(C)CCC5(C)C)ccc21. The van der Waals surface area contributed by atoms with Crippen molar-refractivity contribution < 1.29 is 0 Å². The van der Waals surface area contributed by atoms with Gasteiger partial charge in [0.15, 0.2) is 0 Å². The minimum atomic E-state index is -0.263. The fraction of sp³-hybridized carbons (Fsp3) is 0.284. The van der Waals surface area contributed by atoms with Gasteiger partial charge in [-0.05, 0) is 193 Å². The first-order valence-corrected chi connectivity index (χ1v) is 26.3. The van der Waals surface area contributed by atoms with E-state index in [0.29, 0.717) is 0 Å². The standard InChI is InChI=1S/C67H66BN3/c1-63(2)33-34-64(3,4)53-38-47(30-32-50(53)63)71-59-28-20-27-58-62(59)68(57-41-54-55(42-61(57)71)66(7,8)36-35-65(54,5)6)56-40-52-49(39-60(56)70(58)45-25-18-13-19-26-45)48-31-29-46(37-51(48)67(52,9)10)69(43-21-14-11-15-22-43)44-23-16-12-17-24-44/h11-32,37-42H,33-36H2,1-10H3. The summed E-state index contributed by atoms with van der Waals surface area (Å²) in [6, 6.07) is 65.2. The van der Waals surface area contributed by atoms with Crippen LogP contribution in [0.3, 0.4) is 0 Å². The van der Waals surface area contributed by atoms with Crippen molar-refractivity contribution in [3.8, 4) is 11.1 Å². The highest BCUT2D eigenvalue weighted by Gasteiger charge is 2.49. The van der Waals surface area contributed by atoms with Crippen LogP contribution in [0.2, 0.25) is 0 Å². The molecule has 3 aliphatic carbocycles. The number of fused-ring (bicyclic) bond motifs is 9. The molecule has 0 N–H and O–H groups in total. The Morgan fingerprint density at radius 3 is 1.42 bits per heavy atom. The van der Waals surface area contributed by atoms with Gasteiger partial charge in [-0.3, -0.25) is 0 Å². The summed E-state index contributed by atoms with van der Waals surface area (Å²) < 4.78 is 0. The Bertz CT molecular complexity index is 3430. The molecule has 8 aromatic rings. The number of para-hydroxylation sites is 3. The molecule has 0 saturated heterocycles. The minimum absolute atomic E-state index is 0.0218. The monoisotopic (exact) mass is 924 g/mol. The van der Waals surface area contributed by atoms with Gasteiger partial charge in [0.25, 0.3) is 6.71 Å². The van der Waals surface area contributed by atoms with Gasteiger partial charge >= 0.3 is 0 Å². The van der Waals surface area contributed by atoms with Crippen molar-refractivity contribution >= 4 is 74.3 Å². The van der Waals surface area contributed by atoms with Crippen LogP contribution in [0.1, 0.15) is 128 Å². The Hall–Kier alpha value is -6.78. The molecule has 8 aromatic carbocycles. The summed E-state index contributed by atoms with van der Waals surface area (Å²) in [7, 11) is 0. The van der Waals surface area contributed by atoms with Gasteiger partial charge in [0.1, 0.15) is 0 Å². The maximum Gasteiger partial charge on any atom is 0.252 e. The smallest absolute Gasteiger partial charge is 0.252 e. The van der Waals surface area contributed by atoms with Crippen LogP contribution >= 0.6 is 0 Å². The molecule has 0 aromatic heterocycles. The minimum Gasteiger partial charge on any atom is -0.311 e. The zero-order valence-electron chi connectivity index (χ0n) is 43.4. The van der Waals surface area contributed by atoms with Gasteiger partial charge in [0, 0.05) is 56.6 Å². The first kappa shape index (κ1) is 44.2. The van der Waals surface area contributed by atoms with Crippen LogP contribution in [0.15, 0.2) is 170 Å². The second kappa shape index (κ2) is 15.1. The molecule has 13 rings (SSSR count). The van der Waals surface area contributed by atoms with Crippen LogP contribution in [0.5, 0.6) is 0 Å². The number of hydrogen-bond donors (Lipinski definition) is 0. The lowest BCUT2D eigenvalue weighted by molar-refractivity contribution is 0.332. The van der Waals surface area contributed by atoms with E-state index in [4.69, 9.17) is 0 Å². The van der Waals surface area contributed by atoms with Crippen LogP contribution in [0.4, 0.5) is 51.2 Å².